The highest BCUT2D eigenvalue weighted by molar-refractivity contribution is 7.22. The second-order valence-corrected chi connectivity index (χ2v) is 9.12. The Morgan fingerprint density at radius 2 is 2.00 bits per heavy atom. The van der Waals surface area contributed by atoms with E-state index in [0.717, 1.165) is 52.8 Å². The summed E-state index contributed by atoms with van der Waals surface area (Å²) in [6.07, 6.45) is 1.61. The summed E-state index contributed by atoms with van der Waals surface area (Å²) in [4.78, 5) is 21.1. The molecule has 8 heteroatoms. The molecule has 1 atom stereocenters. The van der Waals surface area contributed by atoms with Crippen LogP contribution in [0.15, 0.2) is 53.3 Å². The number of nitrogens with one attached hydrogen (secondary N) is 1. The number of nitrogens with zero attached hydrogens (tertiary/aromatic N) is 2. The van der Waals surface area contributed by atoms with Crippen molar-refractivity contribution in [1.82, 2.24) is 9.97 Å². The Morgan fingerprint density at radius 3 is 2.76 bits per heavy atom. The number of ether oxygens (including phenoxy) is 1. The van der Waals surface area contributed by atoms with Crippen molar-refractivity contribution in [2.45, 2.75) is 18.9 Å². The minimum atomic E-state index is -0.239. The molecular formula is C21H19N3O3S2. The van der Waals surface area contributed by atoms with Crippen LogP contribution in [0.1, 0.15) is 16.9 Å². The van der Waals surface area contributed by atoms with Crippen LogP contribution < -0.4 is 14.5 Å². The number of thiazole rings is 2. The Labute approximate surface area is 175 Å². The van der Waals surface area contributed by atoms with Gasteiger partial charge in [-0.05, 0) is 29.8 Å². The summed E-state index contributed by atoms with van der Waals surface area (Å²) in [6, 6.07) is 16.0. The average molecular weight is 426 g/mol. The van der Waals surface area contributed by atoms with E-state index < -0.39 is 0 Å². The number of hydrogen-bond donors (Lipinski definition) is 2. The van der Waals surface area contributed by atoms with E-state index in [9.17, 15) is 9.90 Å². The van der Waals surface area contributed by atoms with Crippen LogP contribution in [0, 0.1) is 0 Å². The van der Waals surface area contributed by atoms with Crippen LogP contribution in [0.2, 0.25) is 0 Å². The summed E-state index contributed by atoms with van der Waals surface area (Å²) in [7, 11) is 0. The van der Waals surface area contributed by atoms with Crippen LogP contribution >= 0.6 is 22.7 Å². The summed E-state index contributed by atoms with van der Waals surface area (Å²) < 4.78 is 7.38. The maximum absolute atomic E-state index is 11.3. The van der Waals surface area contributed by atoms with Gasteiger partial charge in [-0.2, -0.15) is 0 Å². The van der Waals surface area contributed by atoms with E-state index in [1.807, 2.05) is 42.5 Å². The standard InChI is InChI=1S/C21H19N3O3S2/c25-19-18(29-21(26)23-19)11-13-5-7-14(8-6-13)27-15-9-10-24(12-15)20-22-16-3-1-2-4-17(16)28-20/h1-8,15,25H,9-12H2,(H,23,26). The first-order chi connectivity index (χ1) is 14.1. The molecule has 0 aliphatic carbocycles. The molecule has 2 N–H and O–H groups in total. The van der Waals surface area contributed by atoms with Crippen molar-refractivity contribution in [2.24, 2.45) is 0 Å². The van der Waals surface area contributed by atoms with Gasteiger partial charge in [0, 0.05) is 19.4 Å². The number of anilines is 1. The first-order valence-electron chi connectivity index (χ1n) is 9.41. The van der Waals surface area contributed by atoms with E-state index in [-0.39, 0.29) is 16.9 Å². The lowest BCUT2D eigenvalue weighted by Gasteiger charge is -2.16. The first kappa shape index (κ1) is 18.2. The van der Waals surface area contributed by atoms with E-state index in [1.165, 1.54) is 4.70 Å². The molecule has 29 heavy (non-hydrogen) atoms. The lowest BCUT2D eigenvalue weighted by atomic mass is 10.1. The Hall–Kier alpha value is -2.84. The van der Waals surface area contributed by atoms with Crippen LogP contribution in [-0.4, -0.2) is 34.3 Å². The number of para-hydroxylation sites is 1. The van der Waals surface area contributed by atoms with Gasteiger partial charge in [0.2, 0.25) is 5.88 Å². The molecule has 0 amide bonds. The fourth-order valence-corrected chi connectivity index (χ4v) is 5.29. The lowest BCUT2D eigenvalue weighted by molar-refractivity contribution is 0.225. The number of benzene rings is 2. The predicted molar refractivity (Wildman–Crippen MR) is 117 cm³/mol. The van der Waals surface area contributed by atoms with Crippen molar-refractivity contribution in [2.75, 3.05) is 18.0 Å². The average Bonchev–Trinajstić information content (AvgIpc) is 3.42. The van der Waals surface area contributed by atoms with Gasteiger partial charge in [0.25, 0.3) is 0 Å². The second-order valence-electron chi connectivity index (χ2n) is 7.05. The minimum Gasteiger partial charge on any atom is -0.494 e. The Balaban J connectivity index is 1.22. The molecule has 1 saturated heterocycles. The molecule has 0 bridgehead atoms. The molecule has 1 fully saturated rings. The van der Waals surface area contributed by atoms with Crippen LogP contribution in [0.5, 0.6) is 11.6 Å². The predicted octanol–water partition coefficient (Wildman–Crippen LogP) is 4.00. The Kier molecular flexibility index (Phi) is 4.73. The van der Waals surface area contributed by atoms with Gasteiger partial charge in [0.1, 0.15) is 11.9 Å². The molecule has 0 saturated carbocycles. The highest BCUT2D eigenvalue weighted by Gasteiger charge is 2.26. The van der Waals surface area contributed by atoms with Gasteiger partial charge in [-0.3, -0.25) is 9.78 Å². The fourth-order valence-electron chi connectivity index (χ4n) is 3.53. The molecule has 2 aromatic heterocycles. The molecule has 1 aliphatic rings. The first-order valence-corrected chi connectivity index (χ1v) is 11.0. The molecule has 4 aromatic rings. The topological polar surface area (TPSA) is 78.5 Å². The van der Waals surface area contributed by atoms with E-state index in [4.69, 9.17) is 9.72 Å². The van der Waals surface area contributed by atoms with Crippen molar-refractivity contribution in [1.29, 1.82) is 0 Å². The number of rotatable bonds is 5. The molecular weight excluding hydrogens is 406 g/mol. The van der Waals surface area contributed by atoms with Gasteiger partial charge in [0.05, 0.1) is 21.6 Å². The Morgan fingerprint density at radius 1 is 1.17 bits per heavy atom. The zero-order chi connectivity index (χ0) is 19.8. The third-order valence-corrected chi connectivity index (χ3v) is 6.96. The van der Waals surface area contributed by atoms with Crippen molar-refractivity contribution in [3.05, 3.63) is 68.6 Å². The number of aromatic nitrogens is 2. The van der Waals surface area contributed by atoms with E-state index in [0.29, 0.717) is 11.3 Å². The molecule has 6 nitrogen and oxygen atoms in total. The van der Waals surface area contributed by atoms with Crippen molar-refractivity contribution >= 4 is 38.0 Å². The molecule has 5 rings (SSSR count). The minimum absolute atomic E-state index is 0.0405. The number of fused-ring (bicyclic) bond motifs is 1. The summed E-state index contributed by atoms with van der Waals surface area (Å²) in [5.41, 5.74) is 2.07. The number of hydrogen-bond acceptors (Lipinski definition) is 7. The van der Waals surface area contributed by atoms with Gasteiger partial charge in [-0.25, -0.2) is 4.98 Å². The summed E-state index contributed by atoms with van der Waals surface area (Å²) in [5.74, 6) is 0.789. The lowest BCUT2D eigenvalue weighted by Crippen LogP contribution is -2.24. The quantitative estimate of drug-likeness (QED) is 0.505. The molecule has 3 heterocycles. The SMILES string of the molecule is O=c1[nH]c(O)c(Cc2ccc(OC3CCN(c4nc5ccccc5s4)C3)cc2)s1. The Bertz CT molecular complexity index is 1160. The normalized spacial score (nSPS) is 16.6. The van der Waals surface area contributed by atoms with Gasteiger partial charge in [0.15, 0.2) is 5.13 Å². The van der Waals surface area contributed by atoms with Gasteiger partial charge < -0.3 is 14.7 Å². The maximum Gasteiger partial charge on any atom is 0.307 e. The molecule has 1 unspecified atom stereocenters. The zero-order valence-corrected chi connectivity index (χ0v) is 17.1. The second kappa shape index (κ2) is 7.53. The third kappa shape index (κ3) is 3.86. The third-order valence-electron chi connectivity index (χ3n) is 4.99. The van der Waals surface area contributed by atoms with Crippen LogP contribution in [0.25, 0.3) is 10.2 Å². The number of aromatic hydroxyl groups is 1. The summed E-state index contributed by atoms with van der Waals surface area (Å²) >= 11 is 2.76. The van der Waals surface area contributed by atoms with Crippen LogP contribution in [-0.2, 0) is 6.42 Å². The highest BCUT2D eigenvalue weighted by atomic mass is 32.1. The number of aromatic amines is 1. The van der Waals surface area contributed by atoms with Crippen molar-refractivity contribution in [3.8, 4) is 11.6 Å². The maximum atomic E-state index is 11.3. The molecule has 1 aliphatic heterocycles. The van der Waals surface area contributed by atoms with Crippen molar-refractivity contribution < 1.29 is 9.84 Å². The largest absolute Gasteiger partial charge is 0.494 e. The zero-order valence-electron chi connectivity index (χ0n) is 15.5. The van der Waals surface area contributed by atoms with Crippen LogP contribution in [0.3, 0.4) is 0 Å². The fraction of sp³-hybridized carbons (Fsp3) is 0.238. The molecule has 148 valence electrons. The van der Waals surface area contributed by atoms with E-state index in [2.05, 4.69) is 16.0 Å². The monoisotopic (exact) mass is 425 g/mol. The van der Waals surface area contributed by atoms with Gasteiger partial charge >= 0.3 is 4.87 Å². The van der Waals surface area contributed by atoms with E-state index in [1.54, 1.807) is 11.3 Å². The molecule has 2 aromatic carbocycles. The van der Waals surface area contributed by atoms with Crippen molar-refractivity contribution in [3.63, 3.8) is 0 Å². The molecule has 0 spiro atoms. The summed E-state index contributed by atoms with van der Waals surface area (Å²) in [5, 5.41) is 10.8. The summed E-state index contributed by atoms with van der Waals surface area (Å²) in [6.45, 7) is 1.76. The highest BCUT2D eigenvalue weighted by Crippen LogP contribution is 2.31. The number of H-pyrrole nitrogens is 1. The molecule has 0 radical (unpaired) electrons. The van der Waals surface area contributed by atoms with Gasteiger partial charge in [-0.1, -0.05) is 46.9 Å². The van der Waals surface area contributed by atoms with Gasteiger partial charge in [-0.15, -0.1) is 0 Å². The smallest absolute Gasteiger partial charge is 0.307 e. The van der Waals surface area contributed by atoms with Crippen LogP contribution in [0.4, 0.5) is 5.13 Å². The van der Waals surface area contributed by atoms with E-state index >= 15 is 0 Å².